The van der Waals surface area contributed by atoms with Crippen LogP contribution in [0.4, 0.5) is 4.39 Å². The van der Waals surface area contributed by atoms with Gasteiger partial charge in [-0.2, -0.15) is 5.26 Å². The third-order valence-corrected chi connectivity index (χ3v) is 6.03. The second-order valence-electron chi connectivity index (χ2n) is 9.23. The minimum absolute atomic E-state index is 0.112. The smallest absolute Gasteiger partial charge is 0.251 e. The zero-order valence-electron chi connectivity index (χ0n) is 21.0. The van der Waals surface area contributed by atoms with Crippen molar-refractivity contribution in [2.45, 2.75) is 45.8 Å². The molecule has 7 nitrogen and oxygen atoms in total. The maximum absolute atomic E-state index is 15.1. The highest BCUT2D eigenvalue weighted by atomic mass is 19.1. The number of aromatic nitrogens is 2. The van der Waals surface area contributed by atoms with Gasteiger partial charge in [-0.05, 0) is 75.1 Å². The molecule has 0 saturated carbocycles. The second-order valence-corrected chi connectivity index (χ2v) is 9.23. The summed E-state index contributed by atoms with van der Waals surface area (Å²) >= 11 is 0. The maximum Gasteiger partial charge on any atom is 0.251 e. The molecular formula is C29H29FN4O3. The number of fused-ring (bicyclic) bond motifs is 1. The number of rotatable bonds is 9. The fraction of sp³-hybridized carbons (Fsp3) is 0.276. The minimum Gasteiger partial charge on any atom is -0.490 e. The van der Waals surface area contributed by atoms with E-state index in [1.54, 1.807) is 24.3 Å². The molecule has 0 bridgehead atoms. The van der Waals surface area contributed by atoms with E-state index >= 15 is 4.39 Å². The number of hydrogen-bond donors (Lipinski definition) is 2. The van der Waals surface area contributed by atoms with Crippen molar-refractivity contribution in [2.75, 3.05) is 6.61 Å². The van der Waals surface area contributed by atoms with Crippen molar-refractivity contribution >= 4 is 11.6 Å². The molecule has 0 aliphatic rings. The fourth-order valence-electron chi connectivity index (χ4n) is 4.20. The van der Waals surface area contributed by atoms with Crippen molar-refractivity contribution in [1.82, 2.24) is 14.7 Å². The van der Waals surface area contributed by atoms with E-state index in [0.29, 0.717) is 22.6 Å². The summed E-state index contributed by atoms with van der Waals surface area (Å²) in [5.74, 6) is -0.419. The number of aryl methyl sites for hydroxylation is 1. The number of carbonyl (C=O) groups excluding carboxylic acids is 1. The lowest BCUT2D eigenvalue weighted by molar-refractivity contribution is 0.0930. The number of pyridine rings is 1. The summed E-state index contributed by atoms with van der Waals surface area (Å²) in [6.45, 7) is 5.51. The number of imidazole rings is 1. The predicted molar refractivity (Wildman–Crippen MR) is 139 cm³/mol. The number of carbonyl (C=O) groups is 1. The van der Waals surface area contributed by atoms with Gasteiger partial charge in [-0.15, -0.1) is 0 Å². The van der Waals surface area contributed by atoms with Crippen LogP contribution in [0.3, 0.4) is 0 Å². The molecular weight excluding hydrogens is 471 g/mol. The third-order valence-electron chi connectivity index (χ3n) is 6.03. The first-order chi connectivity index (χ1) is 17.8. The van der Waals surface area contributed by atoms with Crippen LogP contribution in [0.5, 0.6) is 5.75 Å². The lowest BCUT2D eigenvalue weighted by Crippen LogP contribution is -2.37. The minimum atomic E-state index is -0.507. The Morgan fingerprint density at radius 3 is 2.73 bits per heavy atom. The number of halogens is 1. The Kier molecular flexibility index (Phi) is 7.85. The lowest BCUT2D eigenvalue weighted by atomic mass is 10.00. The number of nitriles is 1. The first-order valence-corrected chi connectivity index (χ1v) is 12.1. The Hall–Kier alpha value is -4.22. The van der Waals surface area contributed by atoms with Gasteiger partial charge in [-0.25, -0.2) is 9.37 Å². The SMILES string of the molecule is Cc1cccn2cc(-c3ccc(CC(CCO)NC(=O)c4ccc(OC(C)C)c(C#N)c4)c(F)c3)nc12. The van der Waals surface area contributed by atoms with E-state index in [0.717, 1.165) is 11.2 Å². The van der Waals surface area contributed by atoms with Crippen molar-refractivity contribution in [3.05, 3.63) is 89.0 Å². The summed E-state index contributed by atoms with van der Waals surface area (Å²) in [7, 11) is 0. The molecule has 0 aliphatic carbocycles. The highest BCUT2D eigenvalue weighted by Crippen LogP contribution is 2.24. The molecule has 0 spiro atoms. The number of aliphatic hydroxyl groups is 1. The average molecular weight is 501 g/mol. The third kappa shape index (κ3) is 5.96. The van der Waals surface area contributed by atoms with Gasteiger partial charge in [0.15, 0.2) is 0 Å². The molecule has 37 heavy (non-hydrogen) atoms. The summed E-state index contributed by atoms with van der Waals surface area (Å²) in [5, 5.41) is 21.8. The molecule has 4 aromatic rings. The Balaban J connectivity index is 1.50. The summed E-state index contributed by atoms with van der Waals surface area (Å²) in [4.78, 5) is 17.5. The number of nitrogens with one attached hydrogen (secondary N) is 1. The standard InChI is InChI=1S/C29H29FN4O3/c1-18(2)37-27-9-8-22(13-23(27)16-31)29(36)32-24(10-12-35)14-20-6-7-21(15-25(20)30)26-17-34-11-4-5-19(3)28(34)33-26/h4-9,11,13,15,17-18,24,35H,10,12,14H2,1-3H3,(H,32,36). The van der Waals surface area contributed by atoms with E-state index in [-0.39, 0.29) is 36.7 Å². The Morgan fingerprint density at radius 2 is 2.05 bits per heavy atom. The maximum atomic E-state index is 15.1. The number of benzene rings is 2. The molecule has 1 amide bonds. The van der Waals surface area contributed by atoms with Crippen molar-refractivity contribution in [3.63, 3.8) is 0 Å². The predicted octanol–water partition coefficient (Wildman–Crippen LogP) is 4.83. The number of aliphatic hydroxyl groups excluding tert-OH is 1. The van der Waals surface area contributed by atoms with Gasteiger partial charge in [0, 0.05) is 36.2 Å². The van der Waals surface area contributed by atoms with Gasteiger partial charge in [0.05, 0.1) is 17.4 Å². The van der Waals surface area contributed by atoms with Crippen molar-refractivity contribution in [3.8, 4) is 23.1 Å². The van der Waals surface area contributed by atoms with Gasteiger partial charge in [0.25, 0.3) is 5.91 Å². The average Bonchev–Trinajstić information content (AvgIpc) is 3.31. The first kappa shape index (κ1) is 25.9. The van der Waals surface area contributed by atoms with Crippen molar-refractivity contribution < 1.29 is 19.0 Å². The molecule has 0 radical (unpaired) electrons. The quantitative estimate of drug-likeness (QED) is 0.343. The van der Waals surface area contributed by atoms with Gasteiger partial charge < -0.3 is 19.6 Å². The summed E-state index contributed by atoms with van der Waals surface area (Å²) in [5.41, 5.74) is 4.12. The molecule has 190 valence electrons. The van der Waals surface area contributed by atoms with Gasteiger partial charge in [0.2, 0.25) is 0 Å². The topological polar surface area (TPSA) is 99.6 Å². The molecule has 2 N–H and O–H groups in total. The van der Waals surface area contributed by atoms with Crippen LogP contribution < -0.4 is 10.1 Å². The van der Waals surface area contributed by atoms with E-state index < -0.39 is 17.8 Å². The van der Waals surface area contributed by atoms with E-state index in [1.807, 2.05) is 49.7 Å². The molecule has 1 atom stereocenters. The van der Waals surface area contributed by atoms with Crippen LogP contribution >= 0.6 is 0 Å². The summed E-state index contributed by atoms with van der Waals surface area (Å²) < 4.78 is 22.6. The number of amides is 1. The Morgan fingerprint density at radius 1 is 1.24 bits per heavy atom. The largest absolute Gasteiger partial charge is 0.490 e. The molecule has 4 rings (SSSR count). The number of nitrogens with zero attached hydrogens (tertiary/aromatic N) is 3. The van der Waals surface area contributed by atoms with E-state index in [1.165, 1.54) is 12.1 Å². The Labute approximate surface area is 215 Å². The van der Waals surface area contributed by atoms with Crippen LogP contribution in [0, 0.1) is 24.1 Å². The van der Waals surface area contributed by atoms with E-state index in [4.69, 9.17) is 4.74 Å². The molecule has 2 aromatic carbocycles. The molecule has 2 heterocycles. The number of hydrogen-bond acceptors (Lipinski definition) is 5. The lowest BCUT2D eigenvalue weighted by Gasteiger charge is -2.19. The molecule has 0 aliphatic heterocycles. The van der Waals surface area contributed by atoms with Crippen LogP contribution in [0.25, 0.3) is 16.9 Å². The first-order valence-electron chi connectivity index (χ1n) is 12.1. The van der Waals surface area contributed by atoms with Crippen LogP contribution in [0.15, 0.2) is 60.9 Å². The van der Waals surface area contributed by atoms with Crippen molar-refractivity contribution in [1.29, 1.82) is 5.26 Å². The molecule has 2 aromatic heterocycles. The van der Waals surface area contributed by atoms with Gasteiger partial charge >= 0.3 is 0 Å². The highest BCUT2D eigenvalue weighted by Gasteiger charge is 2.18. The zero-order valence-corrected chi connectivity index (χ0v) is 21.0. The van der Waals surface area contributed by atoms with E-state index in [2.05, 4.69) is 16.4 Å². The fourth-order valence-corrected chi connectivity index (χ4v) is 4.20. The van der Waals surface area contributed by atoms with Gasteiger partial charge in [-0.1, -0.05) is 18.2 Å². The molecule has 1 unspecified atom stereocenters. The van der Waals surface area contributed by atoms with Crippen LogP contribution in [-0.4, -0.2) is 39.2 Å². The second kappa shape index (κ2) is 11.2. The zero-order chi connectivity index (χ0) is 26.5. The van der Waals surface area contributed by atoms with Gasteiger partial charge in [-0.3, -0.25) is 4.79 Å². The molecule has 8 heteroatoms. The summed E-state index contributed by atoms with van der Waals surface area (Å²) in [6.07, 6.45) is 4.09. The van der Waals surface area contributed by atoms with Crippen LogP contribution in [-0.2, 0) is 6.42 Å². The molecule has 0 fully saturated rings. The monoisotopic (exact) mass is 500 g/mol. The molecule has 0 saturated heterocycles. The van der Waals surface area contributed by atoms with Crippen molar-refractivity contribution in [2.24, 2.45) is 0 Å². The van der Waals surface area contributed by atoms with Crippen LogP contribution in [0.2, 0.25) is 0 Å². The highest BCUT2D eigenvalue weighted by molar-refractivity contribution is 5.95. The normalized spacial score (nSPS) is 11.9. The number of ether oxygens (including phenoxy) is 1. The van der Waals surface area contributed by atoms with Gasteiger partial charge in [0.1, 0.15) is 23.3 Å². The summed E-state index contributed by atoms with van der Waals surface area (Å²) in [6, 6.07) is 15.0. The van der Waals surface area contributed by atoms with Crippen LogP contribution in [0.1, 0.15) is 47.3 Å². The Bertz CT molecular complexity index is 1470. The van der Waals surface area contributed by atoms with E-state index in [9.17, 15) is 15.2 Å².